The van der Waals surface area contributed by atoms with Crippen molar-refractivity contribution >= 4 is 23.4 Å². The number of carbonyl (C=O) groups excluding carboxylic acids is 2. The van der Waals surface area contributed by atoms with Crippen molar-refractivity contribution in [2.45, 2.75) is 13.2 Å². The molecule has 0 aliphatic heterocycles. The lowest BCUT2D eigenvalue weighted by Gasteiger charge is -2.19. The van der Waals surface area contributed by atoms with Gasteiger partial charge in [0.05, 0.1) is 7.11 Å². The summed E-state index contributed by atoms with van der Waals surface area (Å²) in [7, 11) is 3.21. The number of rotatable bonds is 8. The van der Waals surface area contributed by atoms with Crippen LogP contribution in [-0.2, 0) is 13.2 Å². The Balaban J connectivity index is 1.72. The van der Waals surface area contributed by atoms with Crippen LogP contribution in [0.25, 0.3) is 0 Å². The van der Waals surface area contributed by atoms with Crippen LogP contribution in [0.1, 0.15) is 31.8 Å². The van der Waals surface area contributed by atoms with Crippen molar-refractivity contribution in [1.29, 1.82) is 0 Å². The third-order valence-electron chi connectivity index (χ3n) is 4.73. The second-order valence-electron chi connectivity index (χ2n) is 6.97. The minimum absolute atomic E-state index is 0.194. The normalized spacial score (nSPS) is 10.4. The van der Waals surface area contributed by atoms with Crippen LogP contribution in [0, 0.1) is 0 Å². The zero-order valence-corrected chi connectivity index (χ0v) is 18.1. The number of methoxy groups -OCH3 is 1. The van der Waals surface area contributed by atoms with Crippen LogP contribution < -0.4 is 15.2 Å². The molecule has 2 N–H and O–H groups in total. The lowest BCUT2D eigenvalue weighted by molar-refractivity contribution is 0.0784. The highest BCUT2D eigenvalue weighted by molar-refractivity contribution is 6.31. The first-order chi connectivity index (χ1) is 14.9. The van der Waals surface area contributed by atoms with Gasteiger partial charge in [0.15, 0.2) is 11.5 Å². The zero-order valence-electron chi connectivity index (χ0n) is 17.3. The maximum atomic E-state index is 12.9. The van der Waals surface area contributed by atoms with Crippen LogP contribution in [0.2, 0.25) is 5.02 Å². The SMILES string of the molecule is COc1cc(C(=O)N(C)Cc2cccc(C(N)=O)c2)ccc1OCc1ccccc1Cl. The minimum atomic E-state index is -0.507. The lowest BCUT2D eigenvalue weighted by atomic mass is 10.1. The second kappa shape index (κ2) is 10.00. The van der Waals surface area contributed by atoms with E-state index < -0.39 is 5.91 Å². The lowest BCUT2D eigenvalue weighted by Crippen LogP contribution is -2.26. The van der Waals surface area contributed by atoms with Gasteiger partial charge >= 0.3 is 0 Å². The highest BCUT2D eigenvalue weighted by atomic mass is 35.5. The summed E-state index contributed by atoms with van der Waals surface area (Å²) in [4.78, 5) is 25.8. The van der Waals surface area contributed by atoms with Gasteiger partial charge < -0.3 is 20.1 Å². The summed E-state index contributed by atoms with van der Waals surface area (Å²) in [6, 6.07) is 19.3. The molecule has 6 nitrogen and oxygen atoms in total. The van der Waals surface area contributed by atoms with Gasteiger partial charge in [-0.15, -0.1) is 0 Å². The average molecular weight is 439 g/mol. The van der Waals surface area contributed by atoms with Crippen LogP contribution in [-0.4, -0.2) is 30.9 Å². The molecule has 7 heteroatoms. The smallest absolute Gasteiger partial charge is 0.254 e. The van der Waals surface area contributed by atoms with Crippen LogP contribution >= 0.6 is 11.6 Å². The van der Waals surface area contributed by atoms with E-state index in [0.29, 0.717) is 34.2 Å². The van der Waals surface area contributed by atoms with Crippen molar-refractivity contribution < 1.29 is 19.1 Å². The van der Waals surface area contributed by atoms with E-state index in [-0.39, 0.29) is 12.5 Å². The molecule has 31 heavy (non-hydrogen) atoms. The fourth-order valence-corrected chi connectivity index (χ4v) is 3.27. The van der Waals surface area contributed by atoms with Gasteiger partial charge in [-0.25, -0.2) is 0 Å². The van der Waals surface area contributed by atoms with Crippen molar-refractivity contribution in [3.63, 3.8) is 0 Å². The summed E-state index contributed by atoms with van der Waals surface area (Å²) >= 11 is 6.17. The average Bonchev–Trinajstić information content (AvgIpc) is 2.78. The molecule has 0 heterocycles. The summed E-state index contributed by atoms with van der Waals surface area (Å²) in [6.45, 7) is 0.604. The molecule has 0 saturated carbocycles. The monoisotopic (exact) mass is 438 g/mol. The number of benzene rings is 3. The van der Waals surface area contributed by atoms with Gasteiger partial charge in [-0.2, -0.15) is 0 Å². The summed E-state index contributed by atoms with van der Waals surface area (Å²) in [6.07, 6.45) is 0. The molecule has 160 valence electrons. The van der Waals surface area contributed by atoms with Crippen LogP contribution in [0.4, 0.5) is 0 Å². The van der Waals surface area contributed by atoms with Crippen molar-refractivity contribution in [1.82, 2.24) is 4.90 Å². The Bertz CT molecular complexity index is 1100. The number of amides is 2. The molecule has 2 amide bonds. The first-order valence-corrected chi connectivity index (χ1v) is 9.95. The number of halogens is 1. The van der Waals surface area contributed by atoms with Crippen molar-refractivity contribution in [3.8, 4) is 11.5 Å². The molecule has 0 saturated heterocycles. The Kier molecular flexibility index (Phi) is 7.15. The third kappa shape index (κ3) is 5.55. The Morgan fingerprint density at radius 3 is 2.45 bits per heavy atom. The van der Waals surface area contributed by atoms with Gasteiger partial charge in [-0.1, -0.05) is 41.9 Å². The third-order valence-corrected chi connectivity index (χ3v) is 5.10. The summed E-state index contributed by atoms with van der Waals surface area (Å²) in [5.74, 6) is 0.256. The van der Waals surface area contributed by atoms with Gasteiger partial charge in [-0.05, 0) is 42.0 Å². The molecule has 3 aromatic rings. The predicted octanol–water partition coefficient (Wildman–Crippen LogP) is 4.30. The van der Waals surface area contributed by atoms with E-state index in [0.717, 1.165) is 11.1 Å². The first-order valence-electron chi connectivity index (χ1n) is 9.57. The molecule has 0 fully saturated rings. The van der Waals surface area contributed by atoms with E-state index in [1.165, 1.54) is 7.11 Å². The maximum Gasteiger partial charge on any atom is 0.254 e. The van der Waals surface area contributed by atoms with Gasteiger partial charge in [0.25, 0.3) is 5.91 Å². The molecule has 0 bridgehead atoms. The summed E-state index contributed by atoms with van der Waals surface area (Å²) < 4.78 is 11.3. The van der Waals surface area contributed by atoms with E-state index >= 15 is 0 Å². The number of hydrogen-bond acceptors (Lipinski definition) is 4. The number of primary amides is 1. The Labute approximate surface area is 186 Å². The summed E-state index contributed by atoms with van der Waals surface area (Å²) in [5, 5.41) is 0.621. The number of ether oxygens (including phenoxy) is 2. The predicted molar refractivity (Wildman–Crippen MR) is 120 cm³/mol. The molecule has 0 radical (unpaired) electrons. The molecule has 0 atom stereocenters. The van der Waals surface area contributed by atoms with Crippen LogP contribution in [0.15, 0.2) is 66.7 Å². The molecule has 0 aliphatic rings. The second-order valence-corrected chi connectivity index (χ2v) is 7.38. The molecule has 3 aromatic carbocycles. The van der Waals surface area contributed by atoms with E-state index in [1.807, 2.05) is 24.3 Å². The number of nitrogens with zero attached hydrogens (tertiary/aromatic N) is 1. The van der Waals surface area contributed by atoms with E-state index in [4.69, 9.17) is 26.8 Å². The van der Waals surface area contributed by atoms with Gasteiger partial charge in [0.2, 0.25) is 5.91 Å². The highest BCUT2D eigenvalue weighted by Crippen LogP contribution is 2.30. The topological polar surface area (TPSA) is 81.9 Å². The molecule has 0 aromatic heterocycles. The molecular weight excluding hydrogens is 416 g/mol. The summed E-state index contributed by atoms with van der Waals surface area (Å²) in [5.41, 5.74) is 7.84. The van der Waals surface area contributed by atoms with Crippen LogP contribution in [0.5, 0.6) is 11.5 Å². The molecule has 0 aliphatic carbocycles. The van der Waals surface area contributed by atoms with Gasteiger partial charge in [0, 0.05) is 35.3 Å². The van der Waals surface area contributed by atoms with Crippen molar-refractivity contribution in [3.05, 3.63) is 94.0 Å². The zero-order chi connectivity index (χ0) is 22.4. The largest absolute Gasteiger partial charge is 0.493 e. The standard InChI is InChI=1S/C24H23ClN2O4/c1-27(14-16-6-5-8-17(12-16)23(26)28)24(29)18-10-11-21(22(13-18)30-2)31-15-19-7-3-4-9-20(19)25/h3-13H,14-15H2,1-2H3,(H2,26,28). The maximum absolute atomic E-state index is 12.9. The van der Waals surface area contributed by atoms with E-state index in [2.05, 4.69) is 0 Å². The van der Waals surface area contributed by atoms with Gasteiger partial charge in [-0.3, -0.25) is 9.59 Å². The van der Waals surface area contributed by atoms with E-state index in [9.17, 15) is 9.59 Å². The molecule has 3 rings (SSSR count). The highest BCUT2D eigenvalue weighted by Gasteiger charge is 2.16. The Morgan fingerprint density at radius 1 is 0.968 bits per heavy atom. The first kappa shape index (κ1) is 22.2. The van der Waals surface area contributed by atoms with Crippen molar-refractivity contribution in [2.24, 2.45) is 5.73 Å². The Morgan fingerprint density at radius 2 is 1.74 bits per heavy atom. The molecule has 0 unspecified atom stereocenters. The fourth-order valence-electron chi connectivity index (χ4n) is 3.08. The fraction of sp³-hybridized carbons (Fsp3) is 0.167. The number of carbonyl (C=O) groups is 2. The van der Waals surface area contributed by atoms with Crippen LogP contribution in [0.3, 0.4) is 0 Å². The minimum Gasteiger partial charge on any atom is -0.493 e. The quantitative estimate of drug-likeness (QED) is 0.568. The molecular formula is C24H23ClN2O4. The Hall–Kier alpha value is -3.51. The number of nitrogens with two attached hydrogens (primary N) is 1. The van der Waals surface area contributed by atoms with Crippen molar-refractivity contribution in [2.75, 3.05) is 14.2 Å². The van der Waals surface area contributed by atoms with E-state index in [1.54, 1.807) is 54.4 Å². The van der Waals surface area contributed by atoms with Gasteiger partial charge in [0.1, 0.15) is 6.61 Å². The number of hydrogen-bond donors (Lipinski definition) is 1. The molecule has 0 spiro atoms.